The highest BCUT2D eigenvalue weighted by Gasteiger charge is 2.19. The Morgan fingerprint density at radius 1 is 1.10 bits per heavy atom. The van der Waals surface area contributed by atoms with E-state index in [4.69, 9.17) is 4.74 Å². The molecule has 3 aromatic rings. The zero-order valence-corrected chi connectivity index (χ0v) is 16.2. The molecular weight excluding hydrogens is 387 g/mol. The zero-order chi connectivity index (χ0) is 20.9. The third-order valence-corrected chi connectivity index (χ3v) is 4.85. The first-order chi connectivity index (χ1) is 14.6. The molecule has 1 saturated heterocycles. The Bertz CT molecular complexity index is 1040. The van der Waals surface area contributed by atoms with Crippen LogP contribution < -0.4 is 10.6 Å². The maximum absolute atomic E-state index is 13.1. The van der Waals surface area contributed by atoms with Crippen LogP contribution in [0, 0.1) is 5.82 Å². The first-order valence-corrected chi connectivity index (χ1v) is 9.72. The maximum Gasteiger partial charge on any atom is 0.276 e. The summed E-state index contributed by atoms with van der Waals surface area (Å²) < 4.78 is 20.1. The van der Waals surface area contributed by atoms with Gasteiger partial charge in [0.15, 0.2) is 5.69 Å². The first-order valence-electron chi connectivity index (χ1n) is 9.72. The summed E-state index contributed by atoms with van der Waals surface area (Å²) >= 11 is 0. The molecule has 7 nitrogen and oxygen atoms in total. The Hall–Kier alpha value is -3.52. The maximum atomic E-state index is 13.1. The summed E-state index contributed by atoms with van der Waals surface area (Å²) in [5, 5.41) is 9.84. The van der Waals surface area contributed by atoms with Gasteiger partial charge in [0.1, 0.15) is 5.82 Å². The van der Waals surface area contributed by atoms with Crippen molar-refractivity contribution in [3.63, 3.8) is 0 Å². The van der Waals surface area contributed by atoms with Gasteiger partial charge in [0.2, 0.25) is 0 Å². The highest BCUT2D eigenvalue weighted by atomic mass is 19.1. The molecule has 2 aromatic carbocycles. The third kappa shape index (κ3) is 4.55. The molecule has 0 radical (unpaired) electrons. The molecule has 154 valence electrons. The van der Waals surface area contributed by atoms with Crippen LogP contribution in [0.4, 0.5) is 10.1 Å². The van der Waals surface area contributed by atoms with Crippen molar-refractivity contribution in [2.45, 2.75) is 18.9 Å². The van der Waals surface area contributed by atoms with Gasteiger partial charge in [-0.3, -0.25) is 9.59 Å². The van der Waals surface area contributed by atoms with E-state index in [0.717, 1.165) is 19.4 Å². The molecule has 0 aliphatic carbocycles. The molecule has 1 atom stereocenters. The molecule has 1 unspecified atom stereocenters. The predicted molar refractivity (Wildman–Crippen MR) is 109 cm³/mol. The fourth-order valence-electron chi connectivity index (χ4n) is 3.27. The van der Waals surface area contributed by atoms with Gasteiger partial charge in [-0.05, 0) is 55.3 Å². The van der Waals surface area contributed by atoms with Crippen molar-refractivity contribution in [2.75, 3.05) is 18.5 Å². The summed E-state index contributed by atoms with van der Waals surface area (Å²) in [6.07, 6.45) is 3.57. The van der Waals surface area contributed by atoms with Crippen LogP contribution in [-0.4, -0.2) is 40.9 Å². The first kappa shape index (κ1) is 19.8. The number of para-hydroxylation sites is 1. The van der Waals surface area contributed by atoms with Crippen LogP contribution >= 0.6 is 0 Å². The molecule has 30 heavy (non-hydrogen) atoms. The summed E-state index contributed by atoms with van der Waals surface area (Å²) in [6, 6.07) is 14.1. The van der Waals surface area contributed by atoms with Crippen molar-refractivity contribution in [3.8, 4) is 5.69 Å². The van der Waals surface area contributed by atoms with E-state index in [1.807, 2.05) is 0 Å². The van der Waals surface area contributed by atoms with Crippen LogP contribution in [0.25, 0.3) is 5.69 Å². The minimum Gasteiger partial charge on any atom is -0.376 e. The Morgan fingerprint density at radius 2 is 1.90 bits per heavy atom. The van der Waals surface area contributed by atoms with E-state index in [1.54, 1.807) is 48.7 Å². The van der Waals surface area contributed by atoms with Crippen molar-refractivity contribution in [2.24, 2.45) is 0 Å². The number of hydrogen-bond donors (Lipinski definition) is 2. The Morgan fingerprint density at radius 3 is 2.67 bits per heavy atom. The molecule has 1 fully saturated rings. The molecule has 1 aliphatic heterocycles. The highest BCUT2D eigenvalue weighted by molar-refractivity contribution is 6.08. The van der Waals surface area contributed by atoms with Crippen LogP contribution in [0.2, 0.25) is 0 Å². The van der Waals surface area contributed by atoms with E-state index < -0.39 is 5.91 Å². The molecule has 2 N–H and O–H groups in total. The van der Waals surface area contributed by atoms with Crippen molar-refractivity contribution in [3.05, 3.63) is 77.9 Å². The van der Waals surface area contributed by atoms with Gasteiger partial charge in [-0.2, -0.15) is 5.10 Å². The number of ether oxygens (including phenoxy) is 1. The summed E-state index contributed by atoms with van der Waals surface area (Å²) in [5.41, 5.74) is 1.56. The molecule has 1 aromatic heterocycles. The molecule has 2 heterocycles. The van der Waals surface area contributed by atoms with Crippen molar-refractivity contribution < 1.29 is 18.7 Å². The van der Waals surface area contributed by atoms with Crippen LogP contribution in [0.5, 0.6) is 0 Å². The summed E-state index contributed by atoms with van der Waals surface area (Å²) in [7, 11) is 0. The van der Waals surface area contributed by atoms with E-state index >= 15 is 0 Å². The second-order valence-corrected chi connectivity index (χ2v) is 6.97. The Labute approximate surface area is 172 Å². The summed E-state index contributed by atoms with van der Waals surface area (Å²) in [6.45, 7) is 1.15. The number of aromatic nitrogens is 2. The topological polar surface area (TPSA) is 85.3 Å². The molecule has 4 rings (SSSR count). The number of carbonyl (C=O) groups excluding carboxylic acids is 2. The van der Waals surface area contributed by atoms with Crippen LogP contribution in [0.3, 0.4) is 0 Å². The van der Waals surface area contributed by atoms with E-state index in [1.165, 1.54) is 16.8 Å². The fourth-order valence-corrected chi connectivity index (χ4v) is 3.27. The lowest BCUT2D eigenvalue weighted by Crippen LogP contribution is -2.32. The van der Waals surface area contributed by atoms with E-state index in [9.17, 15) is 14.0 Å². The second kappa shape index (κ2) is 8.87. The molecule has 8 heteroatoms. The smallest absolute Gasteiger partial charge is 0.276 e. The molecule has 0 spiro atoms. The fraction of sp³-hybridized carbons (Fsp3) is 0.227. The lowest BCUT2D eigenvalue weighted by molar-refractivity contribution is 0.0858. The zero-order valence-electron chi connectivity index (χ0n) is 16.2. The molecule has 2 amide bonds. The SMILES string of the molecule is O=C(Nc1ccccc1C(=O)NCC1CCCO1)c1ccn(-c2ccc(F)cc2)n1. The van der Waals surface area contributed by atoms with Gasteiger partial charge in [0, 0.05) is 19.3 Å². The van der Waals surface area contributed by atoms with Gasteiger partial charge < -0.3 is 15.4 Å². The van der Waals surface area contributed by atoms with Crippen molar-refractivity contribution in [1.29, 1.82) is 0 Å². The lowest BCUT2D eigenvalue weighted by Gasteiger charge is -2.13. The molecule has 0 saturated carbocycles. The minimum atomic E-state index is -0.449. The standard InChI is InChI=1S/C22H21FN4O3/c23-15-7-9-16(10-8-15)27-12-11-20(26-27)22(29)25-19-6-2-1-5-18(19)21(28)24-14-17-4-3-13-30-17/h1-2,5-12,17H,3-4,13-14H2,(H,24,28)(H,25,29). The normalized spacial score (nSPS) is 15.7. The number of nitrogens with zero attached hydrogens (tertiary/aromatic N) is 2. The van der Waals surface area contributed by atoms with Gasteiger partial charge in [-0.15, -0.1) is 0 Å². The predicted octanol–water partition coefficient (Wildman–Crippen LogP) is 3.17. The van der Waals surface area contributed by atoms with Crippen LogP contribution in [-0.2, 0) is 4.74 Å². The largest absolute Gasteiger partial charge is 0.376 e. The lowest BCUT2D eigenvalue weighted by atomic mass is 10.1. The number of anilines is 1. The van der Waals surface area contributed by atoms with Crippen molar-refractivity contribution in [1.82, 2.24) is 15.1 Å². The second-order valence-electron chi connectivity index (χ2n) is 6.97. The number of benzene rings is 2. The third-order valence-electron chi connectivity index (χ3n) is 4.85. The molecule has 1 aliphatic rings. The van der Waals surface area contributed by atoms with Gasteiger partial charge in [-0.25, -0.2) is 9.07 Å². The number of nitrogens with one attached hydrogen (secondary N) is 2. The van der Waals surface area contributed by atoms with E-state index in [2.05, 4.69) is 15.7 Å². The van der Waals surface area contributed by atoms with Gasteiger partial charge in [-0.1, -0.05) is 12.1 Å². The van der Waals surface area contributed by atoms with Gasteiger partial charge in [0.25, 0.3) is 11.8 Å². The number of hydrogen-bond acceptors (Lipinski definition) is 4. The number of carbonyl (C=O) groups is 2. The highest BCUT2D eigenvalue weighted by Crippen LogP contribution is 2.17. The van der Waals surface area contributed by atoms with Gasteiger partial charge >= 0.3 is 0 Å². The average molecular weight is 408 g/mol. The number of rotatable bonds is 6. The summed E-state index contributed by atoms with van der Waals surface area (Å²) in [5.74, 6) is -1.08. The summed E-state index contributed by atoms with van der Waals surface area (Å²) in [4.78, 5) is 25.2. The van der Waals surface area contributed by atoms with Gasteiger partial charge in [0.05, 0.1) is 23.0 Å². The van der Waals surface area contributed by atoms with Crippen molar-refractivity contribution >= 4 is 17.5 Å². The monoisotopic (exact) mass is 408 g/mol. The van der Waals surface area contributed by atoms with E-state index in [0.29, 0.717) is 23.5 Å². The minimum absolute atomic E-state index is 0.0335. The average Bonchev–Trinajstić information content (AvgIpc) is 3.45. The van der Waals surface area contributed by atoms with Crippen LogP contribution in [0.1, 0.15) is 33.7 Å². The van der Waals surface area contributed by atoms with E-state index in [-0.39, 0.29) is 23.5 Å². The molecule has 0 bridgehead atoms. The Kier molecular flexibility index (Phi) is 5.85. The molecular formula is C22H21FN4O3. The number of halogens is 1. The number of amides is 2. The van der Waals surface area contributed by atoms with Crippen LogP contribution in [0.15, 0.2) is 60.8 Å². The Balaban J connectivity index is 1.44. The quantitative estimate of drug-likeness (QED) is 0.656.